The molecule has 1 unspecified atom stereocenters. The average molecular weight is 553 g/mol. The van der Waals surface area contributed by atoms with Crippen molar-refractivity contribution in [3.8, 4) is 16.9 Å². The van der Waals surface area contributed by atoms with E-state index in [-0.39, 0.29) is 31.0 Å². The molecule has 7 nitrogen and oxygen atoms in total. The van der Waals surface area contributed by atoms with Gasteiger partial charge in [0.05, 0.1) is 21.8 Å². The summed E-state index contributed by atoms with van der Waals surface area (Å²) in [5, 5.41) is 0.630. The Labute approximate surface area is 232 Å². The van der Waals surface area contributed by atoms with Gasteiger partial charge in [0.2, 0.25) is 5.91 Å². The highest BCUT2D eigenvalue weighted by molar-refractivity contribution is 6.42. The number of likely N-dealkylation sites (tertiary alicyclic amines) is 1. The fourth-order valence-corrected chi connectivity index (χ4v) is 5.37. The van der Waals surface area contributed by atoms with Gasteiger partial charge in [0.25, 0.3) is 5.91 Å². The van der Waals surface area contributed by atoms with Crippen LogP contribution in [-0.4, -0.2) is 66.4 Å². The summed E-state index contributed by atoms with van der Waals surface area (Å²) in [5.41, 5.74) is 3.60. The molecule has 5 rings (SSSR count). The summed E-state index contributed by atoms with van der Waals surface area (Å²) in [5.74, 6) is -0.0352. The van der Waals surface area contributed by atoms with Crippen molar-refractivity contribution in [1.29, 1.82) is 0 Å². The highest BCUT2D eigenvalue weighted by Crippen LogP contribution is 2.39. The van der Waals surface area contributed by atoms with Crippen LogP contribution in [0.2, 0.25) is 10.0 Å². The van der Waals surface area contributed by atoms with Crippen molar-refractivity contribution >= 4 is 40.7 Å². The SMILES string of the molecule is CN(C(=O)CN1C(=O)COc2cc(Cl)c(Cl)cc21)C(CN1CCCCC1)c1ccc(-c2cccnc2)cc1. The van der Waals surface area contributed by atoms with E-state index in [1.165, 1.54) is 11.3 Å². The van der Waals surface area contributed by atoms with E-state index in [1.54, 1.807) is 23.2 Å². The topological polar surface area (TPSA) is 66.0 Å². The zero-order chi connectivity index (χ0) is 26.6. The number of rotatable bonds is 7. The molecule has 0 aliphatic carbocycles. The molecule has 1 saturated heterocycles. The third-order valence-electron chi connectivity index (χ3n) is 7.27. The third-order valence-corrected chi connectivity index (χ3v) is 7.99. The number of pyridine rings is 1. The molecule has 0 radical (unpaired) electrons. The van der Waals surface area contributed by atoms with E-state index < -0.39 is 0 Å². The molecule has 0 N–H and O–H groups in total. The fraction of sp³-hybridized carbons (Fsp3) is 0.345. The molecule has 2 amide bonds. The molecular weight excluding hydrogens is 523 g/mol. The van der Waals surface area contributed by atoms with Crippen molar-refractivity contribution in [2.75, 3.05) is 44.7 Å². The zero-order valence-electron chi connectivity index (χ0n) is 21.3. The molecule has 1 aromatic heterocycles. The van der Waals surface area contributed by atoms with E-state index in [2.05, 4.69) is 34.1 Å². The Bertz CT molecular complexity index is 1300. The summed E-state index contributed by atoms with van der Waals surface area (Å²) in [4.78, 5) is 36.3. The first-order chi connectivity index (χ1) is 18.4. The number of carbonyl (C=O) groups is 2. The highest BCUT2D eigenvalue weighted by Gasteiger charge is 2.32. The predicted molar refractivity (Wildman–Crippen MR) is 150 cm³/mol. The Balaban J connectivity index is 1.39. The van der Waals surface area contributed by atoms with E-state index in [4.69, 9.17) is 27.9 Å². The number of carbonyl (C=O) groups excluding carboxylic acids is 2. The first-order valence-corrected chi connectivity index (χ1v) is 13.6. The second kappa shape index (κ2) is 11.7. The Kier molecular flexibility index (Phi) is 8.17. The van der Waals surface area contributed by atoms with Gasteiger partial charge in [0, 0.05) is 32.1 Å². The van der Waals surface area contributed by atoms with Crippen LogP contribution >= 0.6 is 23.2 Å². The summed E-state index contributed by atoms with van der Waals surface area (Å²) in [6.07, 6.45) is 7.15. The molecule has 2 aliphatic rings. The van der Waals surface area contributed by atoms with Gasteiger partial charge < -0.3 is 14.5 Å². The number of amides is 2. The van der Waals surface area contributed by atoms with E-state index in [1.807, 2.05) is 25.4 Å². The normalized spacial score (nSPS) is 16.5. The number of halogens is 2. The van der Waals surface area contributed by atoms with E-state index in [9.17, 15) is 9.59 Å². The van der Waals surface area contributed by atoms with Gasteiger partial charge in [-0.15, -0.1) is 0 Å². The molecule has 2 aliphatic heterocycles. The minimum atomic E-state index is -0.300. The summed E-state index contributed by atoms with van der Waals surface area (Å²) < 4.78 is 5.54. The van der Waals surface area contributed by atoms with E-state index in [0.717, 1.165) is 49.2 Å². The largest absolute Gasteiger partial charge is 0.482 e. The molecule has 0 saturated carbocycles. The van der Waals surface area contributed by atoms with Crippen LogP contribution < -0.4 is 9.64 Å². The van der Waals surface area contributed by atoms with Gasteiger partial charge in [-0.25, -0.2) is 0 Å². The fourth-order valence-electron chi connectivity index (χ4n) is 5.06. The molecule has 9 heteroatoms. The standard InChI is InChI=1S/C29H30Cl2N4O3/c1-33(28(36)18-35-25-14-23(30)24(31)15-27(25)38-19-29(35)37)26(17-34-12-3-2-4-13-34)21-9-7-20(8-10-21)22-6-5-11-32-16-22/h5-11,14-16,26H,2-4,12-13,17-19H2,1H3. The maximum Gasteiger partial charge on any atom is 0.265 e. The lowest BCUT2D eigenvalue weighted by atomic mass is 9.99. The molecule has 0 bridgehead atoms. The third kappa shape index (κ3) is 5.80. The van der Waals surface area contributed by atoms with E-state index >= 15 is 0 Å². The lowest BCUT2D eigenvalue weighted by Gasteiger charge is -2.37. The summed E-state index contributed by atoms with van der Waals surface area (Å²) >= 11 is 12.4. The van der Waals surface area contributed by atoms with Gasteiger partial charge in [-0.1, -0.05) is 60.0 Å². The summed E-state index contributed by atoms with van der Waals surface area (Å²) in [6.45, 7) is 2.48. The molecule has 0 spiro atoms. The number of anilines is 1. The monoisotopic (exact) mass is 552 g/mol. The van der Waals surface area contributed by atoms with Crippen LogP contribution in [0.5, 0.6) is 5.75 Å². The predicted octanol–water partition coefficient (Wildman–Crippen LogP) is 5.47. The Hall–Kier alpha value is -3.13. The number of nitrogens with zero attached hydrogens (tertiary/aromatic N) is 4. The zero-order valence-corrected chi connectivity index (χ0v) is 22.8. The number of ether oxygens (including phenoxy) is 1. The minimum absolute atomic E-state index is 0.117. The number of piperidine rings is 1. The highest BCUT2D eigenvalue weighted by atomic mass is 35.5. The Morgan fingerprint density at radius 3 is 2.50 bits per heavy atom. The quantitative estimate of drug-likeness (QED) is 0.389. The van der Waals surface area contributed by atoms with Crippen molar-refractivity contribution < 1.29 is 14.3 Å². The van der Waals surface area contributed by atoms with Crippen molar-refractivity contribution in [2.24, 2.45) is 0 Å². The average Bonchev–Trinajstić information content (AvgIpc) is 2.95. The van der Waals surface area contributed by atoms with Gasteiger partial charge in [-0.05, 0) is 54.8 Å². The van der Waals surface area contributed by atoms with Crippen LogP contribution in [0.25, 0.3) is 11.1 Å². The second-order valence-corrected chi connectivity index (χ2v) is 10.6. The van der Waals surface area contributed by atoms with Gasteiger partial charge >= 0.3 is 0 Å². The van der Waals surface area contributed by atoms with Crippen LogP contribution in [-0.2, 0) is 9.59 Å². The number of likely N-dealkylation sites (N-methyl/N-ethyl adjacent to an activating group) is 1. The Morgan fingerprint density at radius 1 is 1.05 bits per heavy atom. The van der Waals surface area contributed by atoms with Crippen molar-refractivity contribution in [3.63, 3.8) is 0 Å². The van der Waals surface area contributed by atoms with Crippen LogP contribution in [0.4, 0.5) is 5.69 Å². The van der Waals surface area contributed by atoms with Gasteiger partial charge in [-0.2, -0.15) is 0 Å². The van der Waals surface area contributed by atoms with Gasteiger partial charge in [0.15, 0.2) is 6.61 Å². The number of fused-ring (bicyclic) bond motifs is 1. The van der Waals surface area contributed by atoms with Crippen LogP contribution in [0.1, 0.15) is 30.9 Å². The lowest BCUT2D eigenvalue weighted by molar-refractivity contribution is -0.133. The minimum Gasteiger partial charge on any atom is -0.482 e. The van der Waals surface area contributed by atoms with Crippen molar-refractivity contribution in [1.82, 2.24) is 14.8 Å². The maximum atomic E-state index is 13.7. The van der Waals surface area contributed by atoms with Crippen LogP contribution in [0.3, 0.4) is 0 Å². The molecule has 1 atom stereocenters. The Morgan fingerprint density at radius 2 is 1.79 bits per heavy atom. The molecule has 1 fully saturated rings. The van der Waals surface area contributed by atoms with E-state index in [0.29, 0.717) is 21.5 Å². The van der Waals surface area contributed by atoms with Crippen molar-refractivity contribution in [2.45, 2.75) is 25.3 Å². The molecule has 38 heavy (non-hydrogen) atoms. The number of hydrogen-bond donors (Lipinski definition) is 0. The lowest BCUT2D eigenvalue weighted by Crippen LogP contribution is -2.48. The van der Waals surface area contributed by atoms with Gasteiger partial charge in [-0.3, -0.25) is 19.5 Å². The summed E-state index contributed by atoms with van der Waals surface area (Å²) in [6, 6.07) is 15.2. The van der Waals surface area contributed by atoms with Gasteiger partial charge in [0.1, 0.15) is 12.3 Å². The molecule has 3 aromatic rings. The first-order valence-electron chi connectivity index (χ1n) is 12.8. The number of aromatic nitrogens is 1. The van der Waals surface area contributed by atoms with Crippen molar-refractivity contribution in [3.05, 3.63) is 76.5 Å². The molecule has 2 aromatic carbocycles. The number of hydrogen-bond acceptors (Lipinski definition) is 5. The summed E-state index contributed by atoms with van der Waals surface area (Å²) in [7, 11) is 1.81. The molecular formula is C29H30Cl2N4O3. The first kappa shape index (κ1) is 26.5. The van der Waals surface area contributed by atoms with Crippen LogP contribution in [0.15, 0.2) is 60.9 Å². The second-order valence-electron chi connectivity index (χ2n) is 9.75. The maximum absolute atomic E-state index is 13.7. The smallest absolute Gasteiger partial charge is 0.265 e. The molecule has 3 heterocycles. The molecule has 198 valence electrons. The number of benzene rings is 2. The van der Waals surface area contributed by atoms with Crippen LogP contribution in [0, 0.1) is 0 Å².